The number of amides is 1. The van der Waals surface area contributed by atoms with Crippen molar-refractivity contribution in [3.05, 3.63) is 65.7 Å². The molecule has 0 saturated heterocycles. The summed E-state index contributed by atoms with van der Waals surface area (Å²) < 4.78 is 0. The molecule has 24 heavy (non-hydrogen) atoms. The van der Waals surface area contributed by atoms with Gasteiger partial charge in [0.2, 0.25) is 0 Å². The van der Waals surface area contributed by atoms with E-state index in [9.17, 15) is 4.79 Å². The van der Waals surface area contributed by atoms with Crippen molar-refractivity contribution in [1.29, 1.82) is 0 Å². The highest BCUT2D eigenvalue weighted by Crippen LogP contribution is 2.23. The maximum atomic E-state index is 12.4. The van der Waals surface area contributed by atoms with Gasteiger partial charge in [-0.05, 0) is 17.5 Å². The van der Waals surface area contributed by atoms with Crippen LogP contribution in [0.2, 0.25) is 0 Å². The van der Waals surface area contributed by atoms with Crippen LogP contribution >= 0.6 is 0 Å². The fourth-order valence-electron chi connectivity index (χ4n) is 3.02. The second-order valence-corrected chi connectivity index (χ2v) is 6.91. The summed E-state index contributed by atoms with van der Waals surface area (Å²) in [6.07, 6.45) is 0. The molecule has 2 aromatic carbocycles. The first-order valence-electron chi connectivity index (χ1n) is 8.76. The predicted octanol–water partition coefficient (Wildman–Crippen LogP) is 3.71. The average Bonchev–Trinajstić information content (AvgIpc) is 2.56. The molecule has 1 amide bonds. The van der Waals surface area contributed by atoms with Crippen LogP contribution in [0.4, 0.5) is 5.69 Å². The van der Waals surface area contributed by atoms with Gasteiger partial charge in [0.05, 0.1) is 0 Å². The minimum Gasteiger partial charge on any atom is -0.332 e. The lowest BCUT2D eigenvalue weighted by Gasteiger charge is -2.20. The third kappa shape index (κ3) is 4.93. The Balaban J connectivity index is 2.00. The van der Waals surface area contributed by atoms with Crippen LogP contribution in [0.1, 0.15) is 50.8 Å². The largest absolute Gasteiger partial charge is 0.332 e. The summed E-state index contributed by atoms with van der Waals surface area (Å²) in [4.78, 5) is 12.4. The van der Waals surface area contributed by atoms with Crippen LogP contribution in [-0.4, -0.2) is 12.5 Å². The molecule has 0 radical (unpaired) electrons. The SMILES string of the molecule is CC(C)c1ccccc1NC(=O)C[NH2+][C@@H](c1ccccc1)C(C)C. The van der Waals surface area contributed by atoms with Gasteiger partial charge in [0.15, 0.2) is 6.54 Å². The number of carbonyl (C=O) groups is 1. The topological polar surface area (TPSA) is 45.7 Å². The summed E-state index contributed by atoms with van der Waals surface area (Å²) in [5, 5.41) is 5.20. The van der Waals surface area contributed by atoms with E-state index in [2.05, 4.69) is 68.7 Å². The van der Waals surface area contributed by atoms with Gasteiger partial charge >= 0.3 is 0 Å². The van der Waals surface area contributed by atoms with Crippen molar-refractivity contribution >= 4 is 11.6 Å². The number of anilines is 1. The molecule has 0 spiro atoms. The second kappa shape index (κ2) is 8.65. The van der Waals surface area contributed by atoms with E-state index < -0.39 is 0 Å². The van der Waals surface area contributed by atoms with Crippen LogP contribution in [-0.2, 0) is 4.79 Å². The molecule has 3 N–H and O–H groups in total. The van der Waals surface area contributed by atoms with Crippen molar-refractivity contribution in [1.82, 2.24) is 0 Å². The van der Waals surface area contributed by atoms with E-state index >= 15 is 0 Å². The van der Waals surface area contributed by atoms with Crippen molar-refractivity contribution in [3.63, 3.8) is 0 Å². The van der Waals surface area contributed by atoms with E-state index in [1.807, 2.05) is 24.3 Å². The summed E-state index contributed by atoms with van der Waals surface area (Å²) >= 11 is 0. The minimum absolute atomic E-state index is 0.0460. The molecule has 0 saturated carbocycles. The van der Waals surface area contributed by atoms with Crippen LogP contribution in [0.5, 0.6) is 0 Å². The fourth-order valence-corrected chi connectivity index (χ4v) is 3.02. The molecule has 0 heterocycles. The summed E-state index contributed by atoms with van der Waals surface area (Å²) in [7, 11) is 0. The lowest BCUT2D eigenvalue weighted by Crippen LogP contribution is -2.88. The van der Waals surface area contributed by atoms with Gasteiger partial charge in [-0.1, -0.05) is 76.2 Å². The third-order valence-electron chi connectivity index (χ3n) is 4.32. The average molecular weight is 325 g/mol. The van der Waals surface area contributed by atoms with Crippen molar-refractivity contribution in [2.24, 2.45) is 5.92 Å². The highest BCUT2D eigenvalue weighted by Gasteiger charge is 2.20. The molecule has 3 nitrogen and oxygen atoms in total. The number of benzene rings is 2. The van der Waals surface area contributed by atoms with Gasteiger partial charge < -0.3 is 10.6 Å². The summed E-state index contributed by atoms with van der Waals surface area (Å²) in [6, 6.07) is 18.7. The van der Waals surface area contributed by atoms with Gasteiger partial charge in [0, 0.05) is 17.2 Å². The molecule has 0 bridgehead atoms. The molecule has 0 unspecified atom stereocenters. The van der Waals surface area contributed by atoms with Gasteiger partial charge in [-0.2, -0.15) is 0 Å². The number of rotatable bonds is 7. The van der Waals surface area contributed by atoms with Crippen LogP contribution in [0.25, 0.3) is 0 Å². The lowest BCUT2D eigenvalue weighted by atomic mass is 9.96. The number of carbonyl (C=O) groups excluding carboxylic acids is 1. The molecule has 1 atom stereocenters. The Morgan fingerprint density at radius 1 is 0.958 bits per heavy atom. The fraction of sp³-hybridized carbons (Fsp3) is 0.381. The van der Waals surface area contributed by atoms with Crippen molar-refractivity contribution in [3.8, 4) is 0 Å². The van der Waals surface area contributed by atoms with Crippen LogP contribution in [0.15, 0.2) is 54.6 Å². The minimum atomic E-state index is 0.0460. The van der Waals surface area contributed by atoms with E-state index in [1.54, 1.807) is 0 Å². The number of para-hydroxylation sites is 1. The van der Waals surface area contributed by atoms with Crippen molar-refractivity contribution in [2.75, 3.05) is 11.9 Å². The first-order chi connectivity index (χ1) is 11.5. The molecule has 3 heteroatoms. The molecule has 0 aliphatic rings. The zero-order chi connectivity index (χ0) is 17.5. The van der Waals surface area contributed by atoms with Crippen molar-refractivity contribution in [2.45, 2.75) is 39.7 Å². The Kier molecular flexibility index (Phi) is 6.56. The van der Waals surface area contributed by atoms with Crippen LogP contribution in [0.3, 0.4) is 0 Å². The summed E-state index contributed by atoms with van der Waals surface area (Å²) in [5.74, 6) is 0.894. The monoisotopic (exact) mass is 325 g/mol. The van der Waals surface area contributed by atoms with Gasteiger partial charge in [-0.25, -0.2) is 0 Å². The smallest absolute Gasteiger partial charge is 0.279 e. The Morgan fingerprint density at radius 3 is 2.21 bits per heavy atom. The van der Waals surface area contributed by atoms with Crippen LogP contribution in [0, 0.1) is 5.92 Å². The number of hydrogen-bond donors (Lipinski definition) is 2. The van der Waals surface area contributed by atoms with E-state index in [-0.39, 0.29) is 11.9 Å². The Morgan fingerprint density at radius 2 is 1.58 bits per heavy atom. The third-order valence-corrected chi connectivity index (χ3v) is 4.32. The summed E-state index contributed by atoms with van der Waals surface area (Å²) in [5.41, 5.74) is 3.36. The molecule has 0 aromatic heterocycles. The quantitative estimate of drug-likeness (QED) is 0.801. The van der Waals surface area contributed by atoms with E-state index in [4.69, 9.17) is 0 Å². The van der Waals surface area contributed by atoms with E-state index in [0.29, 0.717) is 18.4 Å². The van der Waals surface area contributed by atoms with Crippen molar-refractivity contribution < 1.29 is 10.1 Å². The lowest BCUT2D eigenvalue weighted by molar-refractivity contribution is -0.692. The van der Waals surface area contributed by atoms with Crippen LogP contribution < -0.4 is 10.6 Å². The molecule has 128 valence electrons. The second-order valence-electron chi connectivity index (χ2n) is 6.91. The Labute approximate surface area is 145 Å². The standard InChI is InChI=1S/C21H28N2O/c1-15(2)18-12-8-9-13-19(18)23-20(24)14-22-21(16(3)4)17-10-6-5-7-11-17/h5-13,15-16,21-22H,14H2,1-4H3,(H,23,24)/p+1/t21-/m1/s1. The number of nitrogens with two attached hydrogens (primary N) is 1. The maximum Gasteiger partial charge on any atom is 0.279 e. The number of hydrogen-bond acceptors (Lipinski definition) is 1. The molecule has 2 aromatic rings. The predicted molar refractivity (Wildman–Crippen MR) is 100.0 cm³/mol. The summed E-state index contributed by atoms with van der Waals surface area (Å²) in [6.45, 7) is 9.09. The molecule has 0 fully saturated rings. The maximum absolute atomic E-state index is 12.4. The molecular weight excluding hydrogens is 296 g/mol. The first kappa shape index (κ1) is 18.2. The molecule has 0 aliphatic carbocycles. The van der Waals surface area contributed by atoms with Gasteiger partial charge in [0.1, 0.15) is 6.04 Å². The number of nitrogens with one attached hydrogen (secondary N) is 1. The van der Waals surface area contributed by atoms with Gasteiger partial charge in [-0.3, -0.25) is 4.79 Å². The van der Waals surface area contributed by atoms with E-state index in [0.717, 1.165) is 5.69 Å². The van der Waals surface area contributed by atoms with Gasteiger partial charge in [0.25, 0.3) is 5.91 Å². The number of quaternary nitrogens is 1. The van der Waals surface area contributed by atoms with E-state index in [1.165, 1.54) is 11.1 Å². The zero-order valence-electron chi connectivity index (χ0n) is 15.1. The normalized spacial score (nSPS) is 12.4. The highest BCUT2D eigenvalue weighted by molar-refractivity contribution is 5.92. The molecular formula is C21H29N2O+. The Hall–Kier alpha value is -2.13. The first-order valence-corrected chi connectivity index (χ1v) is 8.76. The Bertz CT molecular complexity index is 650. The molecule has 0 aliphatic heterocycles. The zero-order valence-corrected chi connectivity index (χ0v) is 15.1. The highest BCUT2D eigenvalue weighted by atomic mass is 16.1. The molecule has 2 rings (SSSR count). The van der Waals surface area contributed by atoms with Gasteiger partial charge in [-0.15, -0.1) is 0 Å².